The number of amides is 4. The van der Waals surface area contributed by atoms with Crippen molar-refractivity contribution in [3.05, 3.63) is 69.8 Å². The summed E-state index contributed by atoms with van der Waals surface area (Å²) >= 11 is 6.21. The molecule has 1 aliphatic carbocycles. The van der Waals surface area contributed by atoms with Crippen LogP contribution in [-0.2, 0) is 9.59 Å². The Morgan fingerprint density at radius 3 is 2.28 bits per heavy atom. The third-order valence-electron chi connectivity index (χ3n) is 10.1. The fourth-order valence-electron chi connectivity index (χ4n) is 7.89. The number of carbonyl (C=O) groups excluding carboxylic acids is 4. The van der Waals surface area contributed by atoms with E-state index >= 15 is 0 Å². The molecule has 1 N–H and O–H groups in total. The minimum absolute atomic E-state index is 0.110. The lowest BCUT2D eigenvalue weighted by Crippen LogP contribution is -2.54. The van der Waals surface area contributed by atoms with E-state index in [1.165, 1.54) is 23.1 Å². The van der Waals surface area contributed by atoms with E-state index in [0.29, 0.717) is 23.2 Å². The fourth-order valence-corrected chi connectivity index (χ4v) is 8.02. The predicted octanol–water partition coefficient (Wildman–Crippen LogP) is 5.06. The molecule has 43 heavy (non-hydrogen) atoms. The quantitative estimate of drug-likeness (QED) is 0.483. The number of imide groups is 2. The van der Waals surface area contributed by atoms with Crippen molar-refractivity contribution in [2.24, 2.45) is 5.41 Å². The standard InChI is InChI=1S/C34H37ClN4O4/c1-34(2)14-13-21(28(16-34)20-3-5-22(35)6-4-20)17-37-18-24-7-8-25(19-37)38(24)23-9-10-26-27(15-23)33(43)39(32(26)42)29-11-12-30(40)36-31(29)41/h3-6,9-10,15,24-25,29H,7-8,11-14,16-19H2,1-2H3,(H,36,40,41). The second-order valence-corrected chi connectivity index (χ2v) is 14.0. The van der Waals surface area contributed by atoms with Gasteiger partial charge in [-0.3, -0.25) is 34.3 Å². The summed E-state index contributed by atoms with van der Waals surface area (Å²) in [6.07, 6.45) is 5.79. The normalized spacial score (nSPS) is 27.2. The minimum Gasteiger partial charge on any atom is -0.363 e. The summed E-state index contributed by atoms with van der Waals surface area (Å²) in [5.74, 6) is -1.88. The average Bonchev–Trinajstić information content (AvgIpc) is 3.38. The van der Waals surface area contributed by atoms with Crippen molar-refractivity contribution in [2.45, 2.75) is 76.9 Å². The first-order valence-corrected chi connectivity index (χ1v) is 15.8. The highest BCUT2D eigenvalue weighted by atomic mass is 35.5. The van der Waals surface area contributed by atoms with Gasteiger partial charge in [-0.15, -0.1) is 0 Å². The molecule has 3 fully saturated rings. The summed E-state index contributed by atoms with van der Waals surface area (Å²) in [6, 6.07) is 13.5. The number of benzene rings is 2. The molecule has 4 amide bonds. The van der Waals surface area contributed by atoms with Crippen molar-refractivity contribution in [1.82, 2.24) is 15.1 Å². The molecule has 5 aliphatic rings. The van der Waals surface area contributed by atoms with Gasteiger partial charge in [0.2, 0.25) is 11.8 Å². The van der Waals surface area contributed by atoms with Gasteiger partial charge in [0.1, 0.15) is 6.04 Å². The van der Waals surface area contributed by atoms with Crippen LogP contribution in [0.3, 0.4) is 0 Å². The summed E-state index contributed by atoms with van der Waals surface area (Å²) in [7, 11) is 0. The van der Waals surface area contributed by atoms with E-state index in [2.05, 4.69) is 41.1 Å². The maximum atomic E-state index is 13.4. The van der Waals surface area contributed by atoms with Gasteiger partial charge in [-0.05, 0) is 85.4 Å². The van der Waals surface area contributed by atoms with Crippen molar-refractivity contribution in [1.29, 1.82) is 0 Å². The molecule has 4 heterocycles. The Morgan fingerprint density at radius 2 is 1.58 bits per heavy atom. The molecule has 0 radical (unpaired) electrons. The molecule has 2 bridgehead atoms. The van der Waals surface area contributed by atoms with Gasteiger partial charge < -0.3 is 4.90 Å². The van der Waals surface area contributed by atoms with Crippen molar-refractivity contribution in [2.75, 3.05) is 24.5 Å². The molecule has 3 unspecified atom stereocenters. The molecule has 7 rings (SSSR count). The molecule has 3 atom stereocenters. The lowest BCUT2D eigenvalue weighted by Gasteiger charge is -2.44. The number of piperazine rings is 1. The van der Waals surface area contributed by atoms with Crippen molar-refractivity contribution >= 4 is 46.5 Å². The topological polar surface area (TPSA) is 90.0 Å². The van der Waals surface area contributed by atoms with Gasteiger partial charge in [-0.2, -0.15) is 0 Å². The van der Waals surface area contributed by atoms with Gasteiger partial charge in [0.15, 0.2) is 0 Å². The number of anilines is 1. The second kappa shape index (κ2) is 10.6. The number of allylic oxidation sites excluding steroid dienone is 1. The Balaban J connectivity index is 1.10. The largest absolute Gasteiger partial charge is 0.363 e. The molecular weight excluding hydrogens is 564 g/mol. The minimum atomic E-state index is -0.953. The van der Waals surface area contributed by atoms with Crippen molar-refractivity contribution < 1.29 is 19.2 Å². The smallest absolute Gasteiger partial charge is 0.262 e. The molecular formula is C34H37ClN4O4. The number of carbonyl (C=O) groups is 4. The Hall–Kier alpha value is -3.49. The van der Waals surface area contributed by atoms with E-state index in [1.54, 1.807) is 6.07 Å². The van der Waals surface area contributed by atoms with Crippen LogP contribution in [0.15, 0.2) is 48.0 Å². The summed E-state index contributed by atoms with van der Waals surface area (Å²) in [4.78, 5) is 56.8. The average molecular weight is 601 g/mol. The Morgan fingerprint density at radius 1 is 0.884 bits per heavy atom. The number of halogens is 1. The van der Waals surface area contributed by atoms with E-state index < -0.39 is 23.8 Å². The monoisotopic (exact) mass is 600 g/mol. The van der Waals surface area contributed by atoms with Crippen molar-refractivity contribution in [3.63, 3.8) is 0 Å². The molecule has 9 heteroatoms. The van der Waals surface area contributed by atoms with Gasteiger partial charge in [0.05, 0.1) is 11.1 Å². The van der Waals surface area contributed by atoms with Gasteiger partial charge >= 0.3 is 0 Å². The maximum Gasteiger partial charge on any atom is 0.262 e. The van der Waals surface area contributed by atoms with Crippen LogP contribution < -0.4 is 10.2 Å². The number of likely N-dealkylation sites (tertiary alicyclic amines) is 1. The Labute approximate surface area is 257 Å². The number of hydrogen-bond acceptors (Lipinski definition) is 6. The SMILES string of the molecule is CC1(C)CCC(CN2CC3CCC(C2)N3c2ccc3c(c2)C(=O)N(C2CCC(=O)NC2=O)C3=O)=C(c2ccc(Cl)cc2)C1. The van der Waals surface area contributed by atoms with Crippen LogP contribution in [0.25, 0.3) is 5.57 Å². The predicted molar refractivity (Wildman–Crippen MR) is 165 cm³/mol. The highest BCUT2D eigenvalue weighted by Crippen LogP contribution is 2.44. The summed E-state index contributed by atoms with van der Waals surface area (Å²) in [6.45, 7) is 7.58. The number of rotatable bonds is 5. The highest BCUT2D eigenvalue weighted by molar-refractivity contribution is 6.30. The molecule has 224 valence electrons. The highest BCUT2D eigenvalue weighted by Gasteiger charge is 2.46. The van der Waals surface area contributed by atoms with Crippen LogP contribution in [0.1, 0.15) is 85.1 Å². The van der Waals surface area contributed by atoms with Gasteiger partial charge in [0.25, 0.3) is 11.8 Å². The van der Waals surface area contributed by atoms with E-state index in [-0.39, 0.29) is 24.2 Å². The Bertz CT molecular complexity index is 1550. The van der Waals surface area contributed by atoms with E-state index in [1.807, 2.05) is 24.3 Å². The number of fused-ring (bicyclic) bond motifs is 3. The summed E-state index contributed by atoms with van der Waals surface area (Å²) < 4.78 is 0. The van der Waals surface area contributed by atoms with Crippen molar-refractivity contribution in [3.8, 4) is 0 Å². The molecule has 0 spiro atoms. The van der Waals surface area contributed by atoms with Gasteiger partial charge in [-0.1, -0.05) is 43.2 Å². The number of nitrogens with one attached hydrogen (secondary N) is 1. The first-order chi connectivity index (χ1) is 20.6. The third kappa shape index (κ3) is 5.08. The molecule has 4 aliphatic heterocycles. The van der Waals surface area contributed by atoms with Crippen LogP contribution in [0.5, 0.6) is 0 Å². The number of piperidine rings is 1. The molecule has 0 aromatic heterocycles. The first kappa shape index (κ1) is 28.3. The molecule has 2 aromatic rings. The summed E-state index contributed by atoms with van der Waals surface area (Å²) in [5, 5.41) is 3.02. The number of nitrogens with zero attached hydrogens (tertiary/aromatic N) is 3. The van der Waals surface area contributed by atoms with Crippen LogP contribution in [0, 0.1) is 5.41 Å². The van der Waals surface area contributed by atoms with E-state index in [4.69, 9.17) is 11.6 Å². The van der Waals surface area contributed by atoms with Gasteiger partial charge in [-0.25, -0.2) is 0 Å². The molecule has 3 saturated heterocycles. The Kier molecular flexibility index (Phi) is 6.97. The lowest BCUT2D eigenvalue weighted by molar-refractivity contribution is -0.136. The molecule has 0 saturated carbocycles. The zero-order valence-electron chi connectivity index (χ0n) is 24.7. The molecule has 8 nitrogen and oxygen atoms in total. The first-order valence-electron chi connectivity index (χ1n) is 15.4. The molecule has 2 aromatic carbocycles. The van der Waals surface area contributed by atoms with Gasteiger partial charge in [0, 0.05) is 48.8 Å². The van der Waals surface area contributed by atoms with Crippen LogP contribution in [0.2, 0.25) is 5.02 Å². The summed E-state index contributed by atoms with van der Waals surface area (Å²) in [5.41, 5.74) is 6.17. The van der Waals surface area contributed by atoms with Crippen LogP contribution in [-0.4, -0.2) is 71.2 Å². The zero-order valence-corrected chi connectivity index (χ0v) is 25.5. The zero-order chi connectivity index (χ0) is 30.0. The third-order valence-corrected chi connectivity index (χ3v) is 10.3. The second-order valence-electron chi connectivity index (χ2n) is 13.6. The number of hydrogen-bond donors (Lipinski definition) is 1. The maximum absolute atomic E-state index is 13.4. The van der Waals surface area contributed by atoms with E-state index in [0.717, 1.165) is 60.9 Å². The lowest BCUT2D eigenvalue weighted by atomic mass is 9.72. The van der Waals surface area contributed by atoms with Crippen LogP contribution in [0.4, 0.5) is 5.69 Å². The van der Waals surface area contributed by atoms with E-state index in [9.17, 15) is 19.2 Å². The fraction of sp³-hybridized carbons (Fsp3) is 0.471. The van der Waals surface area contributed by atoms with Crippen LogP contribution >= 0.6 is 11.6 Å².